The largest absolute Gasteiger partial charge is 0.271 e. The van der Waals surface area contributed by atoms with Gasteiger partial charge < -0.3 is 0 Å². The van der Waals surface area contributed by atoms with Crippen LogP contribution in [0.15, 0.2) is 53.6 Å². The Morgan fingerprint density at radius 2 is 1.55 bits per heavy atom. The first-order chi connectivity index (χ1) is 10.5. The first kappa shape index (κ1) is 15.9. The zero-order valence-electron chi connectivity index (χ0n) is 12.9. The zero-order chi connectivity index (χ0) is 16.1. The lowest BCUT2D eigenvalue weighted by Crippen LogP contribution is -2.19. The van der Waals surface area contributed by atoms with Crippen molar-refractivity contribution in [3.05, 3.63) is 71.0 Å². The summed E-state index contributed by atoms with van der Waals surface area (Å²) in [4.78, 5) is 12.0. The van der Waals surface area contributed by atoms with E-state index >= 15 is 0 Å². The minimum atomic E-state index is -0.300. The molecule has 3 nitrogen and oxygen atoms in total. The molecule has 0 bridgehead atoms. The van der Waals surface area contributed by atoms with Gasteiger partial charge in [0.05, 0.1) is 5.71 Å². The third-order valence-corrected chi connectivity index (χ3v) is 3.43. The van der Waals surface area contributed by atoms with Gasteiger partial charge >= 0.3 is 0 Å². The van der Waals surface area contributed by atoms with E-state index in [1.54, 1.807) is 31.2 Å². The van der Waals surface area contributed by atoms with Gasteiger partial charge in [0.2, 0.25) is 0 Å². The SMILES string of the molecule is C/C(=N\NC(=O)c1ccc(C(C)C)cc1)c1ccc(F)cc1. The quantitative estimate of drug-likeness (QED) is 0.670. The van der Waals surface area contributed by atoms with Gasteiger partial charge in [-0.15, -0.1) is 0 Å². The van der Waals surface area contributed by atoms with Gasteiger partial charge in [0.1, 0.15) is 5.82 Å². The highest BCUT2D eigenvalue weighted by atomic mass is 19.1. The van der Waals surface area contributed by atoms with E-state index < -0.39 is 0 Å². The van der Waals surface area contributed by atoms with Crippen LogP contribution in [0, 0.1) is 5.82 Å². The smallest absolute Gasteiger partial charge is 0.267 e. The predicted molar refractivity (Wildman–Crippen MR) is 86.6 cm³/mol. The van der Waals surface area contributed by atoms with Crippen LogP contribution in [0.25, 0.3) is 0 Å². The Bertz CT molecular complexity index is 673. The molecule has 0 spiro atoms. The molecule has 0 heterocycles. The van der Waals surface area contributed by atoms with E-state index in [1.165, 1.54) is 17.7 Å². The fourth-order valence-electron chi connectivity index (χ4n) is 1.97. The molecule has 0 aromatic heterocycles. The molecule has 0 fully saturated rings. The van der Waals surface area contributed by atoms with Gasteiger partial charge in [0.15, 0.2) is 0 Å². The van der Waals surface area contributed by atoms with Crippen molar-refractivity contribution in [3.63, 3.8) is 0 Å². The molecule has 0 aliphatic heterocycles. The molecule has 22 heavy (non-hydrogen) atoms. The van der Waals surface area contributed by atoms with Crippen molar-refractivity contribution < 1.29 is 9.18 Å². The van der Waals surface area contributed by atoms with Crippen LogP contribution in [0.3, 0.4) is 0 Å². The molecule has 0 unspecified atom stereocenters. The Morgan fingerprint density at radius 1 is 1.00 bits per heavy atom. The number of hydrazone groups is 1. The molecule has 0 aliphatic carbocycles. The van der Waals surface area contributed by atoms with Gasteiger partial charge in [-0.25, -0.2) is 9.82 Å². The monoisotopic (exact) mass is 298 g/mol. The Kier molecular flexibility index (Phi) is 5.04. The highest BCUT2D eigenvalue weighted by Gasteiger charge is 2.06. The van der Waals surface area contributed by atoms with Crippen molar-refractivity contribution in [1.29, 1.82) is 0 Å². The summed E-state index contributed by atoms with van der Waals surface area (Å²) in [5, 5.41) is 4.05. The second-order valence-electron chi connectivity index (χ2n) is 5.42. The molecular weight excluding hydrogens is 279 g/mol. The standard InChI is InChI=1S/C18H19FN2O/c1-12(2)14-4-6-16(7-5-14)18(22)21-20-13(3)15-8-10-17(19)11-9-15/h4-12H,1-3H3,(H,21,22)/b20-13+. The van der Waals surface area contributed by atoms with Crippen molar-refractivity contribution in [2.75, 3.05) is 0 Å². The molecule has 1 N–H and O–H groups in total. The van der Waals surface area contributed by atoms with Crippen LogP contribution in [0.4, 0.5) is 4.39 Å². The van der Waals surface area contributed by atoms with Crippen LogP contribution in [-0.4, -0.2) is 11.6 Å². The molecule has 0 radical (unpaired) electrons. The van der Waals surface area contributed by atoms with Crippen LogP contribution in [-0.2, 0) is 0 Å². The molecule has 0 aliphatic rings. The van der Waals surface area contributed by atoms with Gasteiger partial charge in [-0.1, -0.05) is 38.1 Å². The van der Waals surface area contributed by atoms with Gasteiger partial charge in [-0.05, 0) is 48.2 Å². The molecule has 0 saturated carbocycles. The average Bonchev–Trinajstić information content (AvgIpc) is 2.53. The maximum absolute atomic E-state index is 12.9. The Balaban J connectivity index is 2.05. The number of benzene rings is 2. The lowest BCUT2D eigenvalue weighted by Gasteiger charge is -2.06. The van der Waals surface area contributed by atoms with Crippen molar-refractivity contribution >= 4 is 11.6 Å². The zero-order valence-corrected chi connectivity index (χ0v) is 12.9. The van der Waals surface area contributed by atoms with E-state index in [0.717, 1.165) is 5.56 Å². The third-order valence-electron chi connectivity index (χ3n) is 3.43. The predicted octanol–water partition coefficient (Wildman–Crippen LogP) is 4.10. The molecule has 0 saturated heterocycles. The number of nitrogens with zero attached hydrogens (tertiary/aromatic N) is 1. The summed E-state index contributed by atoms with van der Waals surface area (Å²) < 4.78 is 12.9. The number of rotatable bonds is 4. The van der Waals surface area contributed by atoms with Crippen molar-refractivity contribution in [2.45, 2.75) is 26.7 Å². The fourth-order valence-corrected chi connectivity index (χ4v) is 1.97. The van der Waals surface area contributed by atoms with Crippen LogP contribution >= 0.6 is 0 Å². The van der Waals surface area contributed by atoms with Crippen LogP contribution in [0.1, 0.15) is 48.2 Å². The van der Waals surface area contributed by atoms with Crippen LogP contribution < -0.4 is 5.43 Å². The summed E-state index contributed by atoms with van der Waals surface area (Å²) in [6, 6.07) is 13.4. The molecule has 2 aromatic rings. The second-order valence-corrected chi connectivity index (χ2v) is 5.42. The van der Waals surface area contributed by atoms with Crippen LogP contribution in [0.2, 0.25) is 0 Å². The fraction of sp³-hybridized carbons (Fsp3) is 0.222. The molecule has 114 valence electrons. The normalized spacial score (nSPS) is 11.6. The number of carbonyl (C=O) groups is 1. The number of hydrogen-bond acceptors (Lipinski definition) is 2. The topological polar surface area (TPSA) is 41.5 Å². The van der Waals surface area contributed by atoms with E-state index in [2.05, 4.69) is 24.4 Å². The van der Waals surface area contributed by atoms with Crippen molar-refractivity contribution in [2.24, 2.45) is 5.10 Å². The van der Waals surface area contributed by atoms with Gasteiger partial charge in [0, 0.05) is 5.56 Å². The first-order valence-corrected chi connectivity index (χ1v) is 7.18. The highest BCUT2D eigenvalue weighted by molar-refractivity contribution is 6.00. The molecular formula is C18H19FN2O. The second kappa shape index (κ2) is 6.98. The van der Waals surface area contributed by atoms with E-state index in [1.807, 2.05) is 12.1 Å². The van der Waals surface area contributed by atoms with Crippen molar-refractivity contribution in [1.82, 2.24) is 5.43 Å². The third kappa shape index (κ3) is 4.01. The maximum atomic E-state index is 12.9. The summed E-state index contributed by atoms with van der Waals surface area (Å²) >= 11 is 0. The lowest BCUT2D eigenvalue weighted by molar-refractivity contribution is 0.0955. The Hall–Kier alpha value is -2.49. The molecule has 4 heteroatoms. The van der Waals surface area contributed by atoms with Crippen molar-refractivity contribution in [3.8, 4) is 0 Å². The number of amides is 1. The maximum Gasteiger partial charge on any atom is 0.271 e. The average molecular weight is 298 g/mol. The molecule has 0 atom stereocenters. The lowest BCUT2D eigenvalue weighted by atomic mass is 10.0. The number of nitrogens with one attached hydrogen (secondary N) is 1. The Labute approximate surface area is 129 Å². The summed E-state index contributed by atoms with van der Waals surface area (Å²) in [6.07, 6.45) is 0. The van der Waals surface area contributed by atoms with E-state index in [4.69, 9.17) is 0 Å². The van der Waals surface area contributed by atoms with Crippen LogP contribution in [0.5, 0.6) is 0 Å². The van der Waals surface area contributed by atoms with E-state index in [9.17, 15) is 9.18 Å². The summed E-state index contributed by atoms with van der Waals surface area (Å²) in [6.45, 7) is 5.96. The molecule has 1 amide bonds. The minimum absolute atomic E-state index is 0.267. The minimum Gasteiger partial charge on any atom is -0.267 e. The summed E-state index contributed by atoms with van der Waals surface area (Å²) in [5.41, 5.74) is 5.63. The number of halogens is 1. The summed E-state index contributed by atoms with van der Waals surface area (Å²) in [5.74, 6) is -0.140. The number of hydrogen-bond donors (Lipinski definition) is 1. The molecule has 2 aromatic carbocycles. The van der Waals surface area contributed by atoms with E-state index in [0.29, 0.717) is 17.2 Å². The van der Waals surface area contributed by atoms with Gasteiger partial charge in [0.25, 0.3) is 5.91 Å². The van der Waals surface area contributed by atoms with E-state index in [-0.39, 0.29) is 11.7 Å². The number of carbonyl (C=O) groups excluding carboxylic acids is 1. The Morgan fingerprint density at radius 3 is 2.09 bits per heavy atom. The molecule has 2 rings (SSSR count). The van der Waals surface area contributed by atoms with Gasteiger partial charge in [-0.2, -0.15) is 5.10 Å². The summed E-state index contributed by atoms with van der Waals surface area (Å²) in [7, 11) is 0. The first-order valence-electron chi connectivity index (χ1n) is 7.18. The highest BCUT2D eigenvalue weighted by Crippen LogP contribution is 2.14. The van der Waals surface area contributed by atoms with Gasteiger partial charge in [-0.3, -0.25) is 4.79 Å².